The summed E-state index contributed by atoms with van der Waals surface area (Å²) in [5.74, 6) is -0.226. The number of aliphatic hydroxyl groups excluding tert-OH is 1. The number of nitrogens with zero attached hydrogens (tertiary/aromatic N) is 1. The van der Waals surface area contributed by atoms with Gasteiger partial charge in [0, 0.05) is 17.1 Å². The summed E-state index contributed by atoms with van der Waals surface area (Å²) in [6.45, 7) is 1.39. The Morgan fingerprint density at radius 1 is 1.40 bits per heavy atom. The van der Waals surface area contributed by atoms with Gasteiger partial charge < -0.3 is 9.84 Å². The van der Waals surface area contributed by atoms with Crippen molar-refractivity contribution in [1.29, 1.82) is 0 Å². The number of rotatable bonds is 4. The van der Waals surface area contributed by atoms with Crippen LogP contribution in [0.2, 0.25) is 0 Å². The smallest absolute Gasteiger partial charge is 0.406 e. The molecular formula is C13H15BrF3NO2. The summed E-state index contributed by atoms with van der Waals surface area (Å²) in [5.41, 5.74) is 0.715. The third-order valence-corrected chi connectivity index (χ3v) is 4.11. The van der Waals surface area contributed by atoms with Crippen molar-refractivity contribution in [2.75, 3.05) is 13.2 Å². The second kappa shape index (κ2) is 6.32. The first-order valence-electron chi connectivity index (χ1n) is 6.28. The molecule has 1 aromatic carbocycles. The Hall–Kier alpha value is -0.790. The van der Waals surface area contributed by atoms with E-state index in [1.165, 1.54) is 12.1 Å². The zero-order chi connectivity index (χ0) is 14.8. The van der Waals surface area contributed by atoms with Crippen molar-refractivity contribution in [2.45, 2.75) is 31.8 Å². The number of benzene rings is 1. The van der Waals surface area contributed by atoms with Crippen LogP contribution in [0.25, 0.3) is 0 Å². The Labute approximate surface area is 123 Å². The molecule has 0 aromatic heterocycles. The summed E-state index contributed by atoms with van der Waals surface area (Å²) in [7, 11) is 0. The predicted molar refractivity (Wildman–Crippen MR) is 71.3 cm³/mol. The first-order valence-corrected chi connectivity index (χ1v) is 7.07. The zero-order valence-corrected chi connectivity index (χ0v) is 12.2. The summed E-state index contributed by atoms with van der Waals surface area (Å²) in [4.78, 5) is 2.07. The molecule has 1 aliphatic rings. The molecule has 112 valence electrons. The molecule has 1 fully saturated rings. The maximum atomic E-state index is 12.2. The number of hydrogen-bond donors (Lipinski definition) is 1. The number of likely N-dealkylation sites (tertiary alicyclic amines) is 1. The average molecular weight is 354 g/mol. The van der Waals surface area contributed by atoms with E-state index < -0.39 is 6.36 Å². The fourth-order valence-corrected chi connectivity index (χ4v) is 2.77. The van der Waals surface area contributed by atoms with E-state index in [-0.39, 0.29) is 18.4 Å². The van der Waals surface area contributed by atoms with Crippen LogP contribution in [-0.4, -0.2) is 35.6 Å². The molecule has 0 aliphatic carbocycles. The maximum Gasteiger partial charge on any atom is 0.573 e. The van der Waals surface area contributed by atoms with Gasteiger partial charge in [-0.2, -0.15) is 0 Å². The molecule has 0 saturated carbocycles. The molecule has 0 amide bonds. The van der Waals surface area contributed by atoms with E-state index in [0.717, 1.165) is 23.9 Å². The fourth-order valence-electron chi connectivity index (χ4n) is 2.40. The molecule has 0 spiro atoms. The minimum Gasteiger partial charge on any atom is -0.406 e. The van der Waals surface area contributed by atoms with Gasteiger partial charge in [-0.25, -0.2) is 0 Å². The van der Waals surface area contributed by atoms with Crippen LogP contribution < -0.4 is 4.74 Å². The van der Waals surface area contributed by atoms with E-state index in [0.29, 0.717) is 12.1 Å². The van der Waals surface area contributed by atoms with Gasteiger partial charge in [0.1, 0.15) is 5.75 Å². The minimum absolute atomic E-state index is 0.0658. The Kier molecular flexibility index (Phi) is 4.93. The Morgan fingerprint density at radius 3 is 2.80 bits per heavy atom. The highest BCUT2D eigenvalue weighted by molar-refractivity contribution is 9.10. The molecular weight excluding hydrogens is 339 g/mol. The van der Waals surface area contributed by atoms with Crippen LogP contribution in [0.1, 0.15) is 18.4 Å². The molecule has 7 heteroatoms. The van der Waals surface area contributed by atoms with Crippen LogP contribution in [0.5, 0.6) is 5.75 Å². The summed E-state index contributed by atoms with van der Waals surface area (Å²) < 4.78 is 41.3. The number of ether oxygens (including phenoxy) is 1. The van der Waals surface area contributed by atoms with Gasteiger partial charge in [-0.3, -0.25) is 4.90 Å². The third kappa shape index (κ3) is 4.10. The van der Waals surface area contributed by atoms with Crippen LogP contribution in [0.15, 0.2) is 22.7 Å². The molecule has 1 saturated heterocycles. The lowest BCUT2D eigenvalue weighted by molar-refractivity contribution is -0.274. The van der Waals surface area contributed by atoms with E-state index in [9.17, 15) is 18.3 Å². The predicted octanol–water partition coefficient (Wildman–Crippen LogP) is 3.30. The molecule has 0 unspecified atom stereocenters. The molecule has 1 aliphatic heterocycles. The van der Waals surface area contributed by atoms with Crippen molar-refractivity contribution in [3.8, 4) is 5.75 Å². The number of aliphatic hydroxyl groups is 1. The second-order valence-electron chi connectivity index (χ2n) is 4.75. The second-order valence-corrected chi connectivity index (χ2v) is 5.60. The van der Waals surface area contributed by atoms with Crippen molar-refractivity contribution in [3.05, 3.63) is 28.2 Å². The fraction of sp³-hybridized carbons (Fsp3) is 0.538. The van der Waals surface area contributed by atoms with Crippen LogP contribution in [0, 0.1) is 0 Å². The Morgan fingerprint density at radius 2 is 2.15 bits per heavy atom. The lowest BCUT2D eigenvalue weighted by Crippen LogP contribution is -2.31. The lowest BCUT2D eigenvalue weighted by Gasteiger charge is -2.23. The first-order chi connectivity index (χ1) is 9.39. The molecule has 1 atom stereocenters. The normalized spacial score (nSPS) is 20.4. The maximum absolute atomic E-state index is 12.2. The van der Waals surface area contributed by atoms with E-state index in [4.69, 9.17) is 0 Å². The van der Waals surface area contributed by atoms with E-state index >= 15 is 0 Å². The molecule has 1 aromatic rings. The number of alkyl halides is 3. The highest BCUT2D eigenvalue weighted by atomic mass is 79.9. The summed E-state index contributed by atoms with van der Waals surface area (Å²) in [5, 5.41) is 9.26. The lowest BCUT2D eigenvalue weighted by atomic mass is 10.2. The molecule has 2 rings (SSSR count). The molecule has 0 radical (unpaired) electrons. The van der Waals surface area contributed by atoms with Crippen LogP contribution in [0.4, 0.5) is 13.2 Å². The minimum atomic E-state index is -4.69. The van der Waals surface area contributed by atoms with Crippen LogP contribution in [-0.2, 0) is 6.54 Å². The van der Waals surface area contributed by atoms with Crippen LogP contribution in [0.3, 0.4) is 0 Å². The van der Waals surface area contributed by atoms with Crippen LogP contribution >= 0.6 is 15.9 Å². The molecule has 1 N–H and O–H groups in total. The monoisotopic (exact) mass is 353 g/mol. The molecule has 3 nitrogen and oxygen atoms in total. The molecule has 20 heavy (non-hydrogen) atoms. The van der Waals surface area contributed by atoms with E-state index in [1.807, 2.05) is 0 Å². The van der Waals surface area contributed by atoms with Crippen molar-refractivity contribution in [1.82, 2.24) is 4.90 Å². The topological polar surface area (TPSA) is 32.7 Å². The third-order valence-electron chi connectivity index (χ3n) is 3.33. The Bertz CT molecular complexity index is 467. The van der Waals surface area contributed by atoms with E-state index in [2.05, 4.69) is 25.6 Å². The van der Waals surface area contributed by atoms with Gasteiger partial charge in [0.05, 0.1) is 6.61 Å². The molecule has 0 bridgehead atoms. The van der Waals surface area contributed by atoms with Gasteiger partial charge in [0.25, 0.3) is 0 Å². The number of hydrogen-bond acceptors (Lipinski definition) is 3. The van der Waals surface area contributed by atoms with Gasteiger partial charge >= 0.3 is 6.36 Å². The van der Waals surface area contributed by atoms with Crippen molar-refractivity contribution in [2.24, 2.45) is 0 Å². The summed E-state index contributed by atoms with van der Waals surface area (Å²) in [6, 6.07) is 4.27. The van der Waals surface area contributed by atoms with Gasteiger partial charge in [0.15, 0.2) is 0 Å². The SMILES string of the molecule is OC[C@H]1CCCN1Cc1cc(OC(F)(F)F)ccc1Br. The summed E-state index contributed by atoms with van der Waals surface area (Å²) in [6.07, 6.45) is -2.79. The average Bonchev–Trinajstić information content (AvgIpc) is 2.79. The van der Waals surface area contributed by atoms with Crippen molar-refractivity contribution >= 4 is 15.9 Å². The van der Waals surface area contributed by atoms with Gasteiger partial charge in [-0.05, 0) is 43.1 Å². The molecule has 1 heterocycles. The van der Waals surface area contributed by atoms with Gasteiger partial charge in [-0.15, -0.1) is 13.2 Å². The van der Waals surface area contributed by atoms with Gasteiger partial charge in [-0.1, -0.05) is 15.9 Å². The number of halogens is 4. The van der Waals surface area contributed by atoms with Gasteiger partial charge in [0.2, 0.25) is 0 Å². The van der Waals surface area contributed by atoms with Crippen molar-refractivity contribution < 1.29 is 23.0 Å². The first kappa shape index (κ1) is 15.6. The zero-order valence-electron chi connectivity index (χ0n) is 10.7. The largest absolute Gasteiger partial charge is 0.573 e. The Balaban J connectivity index is 2.12. The standard InChI is InChI=1S/C13H15BrF3NO2/c14-12-4-3-11(20-13(15,16)17)6-9(12)7-18-5-1-2-10(18)8-19/h3-4,6,10,19H,1-2,5,7-8H2/t10-/m1/s1. The highest BCUT2D eigenvalue weighted by Crippen LogP contribution is 2.29. The summed E-state index contributed by atoms with van der Waals surface area (Å²) >= 11 is 3.33. The quantitative estimate of drug-likeness (QED) is 0.901. The highest BCUT2D eigenvalue weighted by Gasteiger charge is 2.31. The van der Waals surface area contributed by atoms with E-state index in [1.54, 1.807) is 6.07 Å². The van der Waals surface area contributed by atoms with Crippen molar-refractivity contribution in [3.63, 3.8) is 0 Å².